The molecule has 0 aliphatic heterocycles. The number of thioether (sulfide) groups is 1. The molecule has 0 saturated heterocycles. The second-order valence-electron chi connectivity index (χ2n) is 2.67. The van der Waals surface area contributed by atoms with Gasteiger partial charge in [0.25, 0.3) is 0 Å². The molecule has 0 aromatic heterocycles. The van der Waals surface area contributed by atoms with Gasteiger partial charge in [-0.2, -0.15) is 0 Å². The highest BCUT2D eigenvalue weighted by atomic mass is 32.2. The third kappa shape index (κ3) is 2.92. The summed E-state index contributed by atoms with van der Waals surface area (Å²) in [6.07, 6.45) is 4.72. The van der Waals surface area contributed by atoms with E-state index in [1.54, 1.807) is 17.8 Å². The van der Waals surface area contributed by atoms with Crippen LogP contribution in [-0.2, 0) is 4.79 Å². The fourth-order valence-corrected chi connectivity index (χ4v) is 1.50. The number of rotatable bonds is 3. The molecule has 0 saturated carbocycles. The lowest BCUT2D eigenvalue weighted by atomic mass is 10.2. The third-order valence-corrected chi connectivity index (χ3v) is 2.29. The van der Waals surface area contributed by atoms with Crippen LogP contribution in [0.3, 0.4) is 0 Å². The number of esters is 1. The van der Waals surface area contributed by atoms with E-state index in [0.717, 1.165) is 10.5 Å². The van der Waals surface area contributed by atoms with Crippen LogP contribution in [0.1, 0.15) is 12.5 Å². The second kappa shape index (κ2) is 4.86. The van der Waals surface area contributed by atoms with Gasteiger partial charge in [-0.05, 0) is 36.1 Å². The molecule has 0 aliphatic rings. The Balaban J connectivity index is 3.03. The molecular weight excluding hydrogens is 196 g/mol. The lowest BCUT2D eigenvalue weighted by molar-refractivity contribution is -0.131. The molecule has 14 heavy (non-hydrogen) atoms. The molecule has 0 aliphatic carbocycles. The summed E-state index contributed by atoms with van der Waals surface area (Å²) in [6.45, 7) is 4.93. The molecule has 1 rings (SSSR count). The van der Waals surface area contributed by atoms with Gasteiger partial charge in [0, 0.05) is 11.8 Å². The average molecular weight is 207 g/mol. The summed E-state index contributed by atoms with van der Waals surface area (Å²) in [7, 11) is 0. The van der Waals surface area contributed by atoms with Gasteiger partial charge in [0.15, 0.2) is 0 Å². The van der Waals surface area contributed by atoms with E-state index < -0.39 is 0 Å². The van der Waals surface area contributed by atoms with E-state index in [0.29, 0.717) is 5.75 Å². The number of carbonyl (C=O) groups is 1. The monoisotopic (exact) mass is 207 g/mol. The third-order valence-electron chi connectivity index (χ3n) is 1.58. The van der Waals surface area contributed by atoms with Gasteiger partial charge in [0.2, 0.25) is 0 Å². The Hall–Kier alpha value is -1.22. The molecule has 73 valence electrons. The number of hydrogen-bond acceptors (Lipinski definition) is 3. The van der Waals surface area contributed by atoms with Crippen molar-refractivity contribution < 1.29 is 9.53 Å². The Bertz CT molecular complexity index is 358. The topological polar surface area (TPSA) is 26.3 Å². The van der Waals surface area contributed by atoms with E-state index in [1.807, 2.05) is 18.4 Å². The van der Waals surface area contributed by atoms with Crippen molar-refractivity contribution in [3.63, 3.8) is 0 Å². The van der Waals surface area contributed by atoms with Crippen LogP contribution in [0, 0.1) is 6.08 Å². The van der Waals surface area contributed by atoms with Crippen molar-refractivity contribution in [3.05, 3.63) is 36.4 Å². The summed E-state index contributed by atoms with van der Waals surface area (Å²) in [6, 6.07) is 5.48. The Morgan fingerprint density at radius 2 is 2.21 bits per heavy atom. The van der Waals surface area contributed by atoms with Gasteiger partial charge >= 0.3 is 5.97 Å². The minimum atomic E-state index is -0.321. The molecule has 0 unspecified atom stereocenters. The van der Waals surface area contributed by atoms with Crippen molar-refractivity contribution in [1.29, 1.82) is 0 Å². The van der Waals surface area contributed by atoms with Gasteiger partial charge in [-0.25, -0.2) is 0 Å². The van der Waals surface area contributed by atoms with E-state index in [1.165, 1.54) is 6.92 Å². The minimum Gasteiger partial charge on any atom is -0.427 e. The first kappa shape index (κ1) is 10.9. The molecule has 0 fully saturated rings. The van der Waals surface area contributed by atoms with E-state index in [2.05, 4.69) is 12.7 Å². The summed E-state index contributed by atoms with van der Waals surface area (Å²) in [5.74, 6) is 0.216. The van der Waals surface area contributed by atoms with Crippen LogP contribution in [0.5, 0.6) is 5.75 Å². The van der Waals surface area contributed by atoms with Crippen LogP contribution in [0.2, 0.25) is 0 Å². The molecule has 0 N–H and O–H groups in total. The second-order valence-corrected chi connectivity index (χ2v) is 3.55. The first-order valence-corrected chi connectivity index (χ1v) is 5.29. The minimum absolute atomic E-state index is 0.321. The van der Waals surface area contributed by atoms with Crippen molar-refractivity contribution in [3.8, 4) is 5.75 Å². The molecule has 1 aromatic carbocycles. The summed E-state index contributed by atoms with van der Waals surface area (Å²) in [4.78, 5) is 11.8. The molecule has 3 heteroatoms. The van der Waals surface area contributed by atoms with Gasteiger partial charge in [0.1, 0.15) is 5.75 Å². The van der Waals surface area contributed by atoms with Crippen molar-refractivity contribution in [1.82, 2.24) is 0 Å². The predicted molar refractivity (Wildman–Crippen MR) is 57.5 cm³/mol. The van der Waals surface area contributed by atoms with Gasteiger partial charge < -0.3 is 4.74 Å². The average Bonchev–Trinajstić information content (AvgIpc) is 2.16. The zero-order valence-corrected chi connectivity index (χ0v) is 8.98. The molecule has 2 nitrogen and oxygen atoms in total. The highest BCUT2D eigenvalue weighted by molar-refractivity contribution is 7.98. The van der Waals surface area contributed by atoms with Crippen LogP contribution in [-0.4, -0.2) is 12.2 Å². The van der Waals surface area contributed by atoms with Crippen molar-refractivity contribution >= 4 is 17.7 Å². The van der Waals surface area contributed by atoms with Gasteiger partial charge in [-0.3, -0.25) is 4.79 Å². The van der Waals surface area contributed by atoms with Crippen molar-refractivity contribution in [2.45, 2.75) is 11.8 Å². The molecule has 1 aromatic rings. The zero-order valence-electron chi connectivity index (χ0n) is 8.16. The fraction of sp³-hybridized carbons (Fsp3) is 0.182. The molecule has 1 radical (unpaired) electrons. The standard InChI is InChI=1S/C11H11O2S/c1-4-9-5-10(13-8(2)12)7-11(6-9)14-3/h5-7H,1H2,2-3H3. The maximum Gasteiger partial charge on any atom is 0.308 e. The number of carbonyl (C=O) groups excluding carboxylic acids is 1. The van der Waals surface area contributed by atoms with Crippen molar-refractivity contribution in [2.75, 3.05) is 6.26 Å². The number of benzene rings is 1. The molecule has 0 heterocycles. The number of ether oxygens (including phenoxy) is 1. The predicted octanol–water partition coefficient (Wildman–Crippen LogP) is 2.67. The van der Waals surface area contributed by atoms with Gasteiger partial charge in [0.05, 0.1) is 0 Å². The summed E-state index contributed by atoms with van der Waals surface area (Å²) >= 11 is 1.58. The van der Waals surface area contributed by atoms with E-state index in [4.69, 9.17) is 4.74 Å². The van der Waals surface area contributed by atoms with E-state index in [9.17, 15) is 4.79 Å². The van der Waals surface area contributed by atoms with Gasteiger partial charge in [-0.1, -0.05) is 6.58 Å². The lowest BCUT2D eigenvalue weighted by Gasteiger charge is -2.04. The molecule has 0 atom stereocenters. The molecule has 0 amide bonds. The highest BCUT2D eigenvalue weighted by Gasteiger charge is 2.01. The van der Waals surface area contributed by atoms with Crippen LogP contribution in [0.15, 0.2) is 29.7 Å². The van der Waals surface area contributed by atoms with Crippen LogP contribution in [0.25, 0.3) is 0 Å². The number of hydrogen-bond donors (Lipinski definition) is 0. The van der Waals surface area contributed by atoms with E-state index in [-0.39, 0.29) is 5.97 Å². The van der Waals surface area contributed by atoms with Crippen LogP contribution in [0.4, 0.5) is 0 Å². The van der Waals surface area contributed by atoms with Gasteiger partial charge in [-0.15, -0.1) is 11.8 Å². The quantitative estimate of drug-likeness (QED) is 0.433. The van der Waals surface area contributed by atoms with Crippen LogP contribution >= 0.6 is 11.8 Å². The summed E-state index contributed by atoms with van der Waals surface area (Å²) in [5.41, 5.74) is 0.827. The zero-order chi connectivity index (χ0) is 10.6. The normalized spacial score (nSPS) is 9.57. The first-order valence-electron chi connectivity index (χ1n) is 4.06. The molecular formula is C11H11O2S. The molecule has 0 spiro atoms. The largest absolute Gasteiger partial charge is 0.427 e. The van der Waals surface area contributed by atoms with Crippen LogP contribution < -0.4 is 4.74 Å². The maximum atomic E-state index is 10.7. The Kier molecular flexibility index (Phi) is 3.77. The Morgan fingerprint density at radius 1 is 1.50 bits per heavy atom. The highest BCUT2D eigenvalue weighted by Crippen LogP contribution is 2.23. The smallest absolute Gasteiger partial charge is 0.308 e. The van der Waals surface area contributed by atoms with E-state index >= 15 is 0 Å². The molecule has 0 bridgehead atoms. The summed E-state index contributed by atoms with van der Waals surface area (Å²) in [5, 5.41) is 0. The Morgan fingerprint density at radius 3 is 2.71 bits per heavy atom. The SMILES string of the molecule is C=[C]c1cc(OC(C)=O)cc(SC)c1. The fourth-order valence-electron chi connectivity index (χ4n) is 1.02. The first-order chi connectivity index (χ1) is 6.65. The lowest BCUT2D eigenvalue weighted by Crippen LogP contribution is -2.01. The maximum absolute atomic E-state index is 10.7. The Labute approximate surface area is 88.0 Å². The van der Waals surface area contributed by atoms with Crippen molar-refractivity contribution in [2.24, 2.45) is 0 Å². The summed E-state index contributed by atoms with van der Waals surface area (Å²) < 4.78 is 4.98.